The molecule has 0 unspecified atom stereocenters. The molecular formula is C21H20ClFO6S. The summed E-state index contributed by atoms with van der Waals surface area (Å²) in [6.07, 6.45) is 0. The van der Waals surface area contributed by atoms with E-state index in [9.17, 15) is 22.4 Å². The second-order valence-corrected chi connectivity index (χ2v) is 9.26. The highest BCUT2D eigenvalue weighted by molar-refractivity contribution is 7.92. The van der Waals surface area contributed by atoms with Crippen LogP contribution in [0.4, 0.5) is 4.39 Å². The molecule has 6 nitrogen and oxygen atoms in total. The third-order valence-corrected chi connectivity index (χ3v) is 7.56. The fourth-order valence-corrected chi connectivity index (χ4v) is 6.14. The van der Waals surface area contributed by atoms with Crippen LogP contribution >= 0.6 is 11.6 Å². The Morgan fingerprint density at radius 2 is 1.47 bits per heavy atom. The molecule has 0 saturated heterocycles. The van der Waals surface area contributed by atoms with Crippen LogP contribution in [0, 0.1) is 11.2 Å². The molecular weight excluding hydrogens is 435 g/mol. The van der Waals surface area contributed by atoms with Crippen LogP contribution in [0.25, 0.3) is 0 Å². The van der Waals surface area contributed by atoms with Crippen molar-refractivity contribution in [2.45, 2.75) is 29.9 Å². The van der Waals surface area contributed by atoms with Crippen LogP contribution in [-0.4, -0.2) is 38.8 Å². The molecule has 0 N–H and O–H groups in total. The van der Waals surface area contributed by atoms with Gasteiger partial charge in [0.25, 0.3) is 0 Å². The topological polar surface area (TPSA) is 86.7 Å². The number of hydrogen-bond acceptors (Lipinski definition) is 6. The van der Waals surface area contributed by atoms with Crippen molar-refractivity contribution in [1.29, 1.82) is 0 Å². The predicted molar refractivity (Wildman–Crippen MR) is 107 cm³/mol. The zero-order valence-corrected chi connectivity index (χ0v) is 17.9. The van der Waals surface area contributed by atoms with Gasteiger partial charge in [-0.3, -0.25) is 9.59 Å². The number of carbonyl (C=O) groups excluding carboxylic acids is 2. The van der Waals surface area contributed by atoms with E-state index in [-0.39, 0.29) is 18.1 Å². The second-order valence-electron chi connectivity index (χ2n) is 6.76. The molecule has 2 aromatic rings. The zero-order valence-electron chi connectivity index (χ0n) is 16.3. The smallest absolute Gasteiger partial charge is 0.325 e. The van der Waals surface area contributed by atoms with E-state index in [1.807, 2.05) is 0 Å². The van der Waals surface area contributed by atoms with Crippen LogP contribution < -0.4 is 0 Å². The minimum Gasteiger partial charge on any atom is -0.465 e. The van der Waals surface area contributed by atoms with Crippen molar-refractivity contribution in [1.82, 2.24) is 0 Å². The molecule has 0 heterocycles. The van der Waals surface area contributed by atoms with Crippen LogP contribution in [0.1, 0.15) is 25.3 Å². The zero-order chi connectivity index (χ0) is 22.1. The number of benzene rings is 2. The summed E-state index contributed by atoms with van der Waals surface area (Å²) >= 11 is 5.86. The van der Waals surface area contributed by atoms with E-state index in [4.69, 9.17) is 21.1 Å². The van der Waals surface area contributed by atoms with E-state index in [1.54, 1.807) is 13.8 Å². The van der Waals surface area contributed by atoms with Gasteiger partial charge in [-0.2, -0.15) is 0 Å². The first-order valence-electron chi connectivity index (χ1n) is 9.30. The summed E-state index contributed by atoms with van der Waals surface area (Å²) in [4.78, 5) is 25.8. The number of ether oxygens (including phenoxy) is 2. The van der Waals surface area contributed by atoms with Crippen molar-refractivity contribution >= 4 is 33.4 Å². The van der Waals surface area contributed by atoms with Gasteiger partial charge in [0.05, 0.1) is 18.1 Å². The first-order valence-corrected chi connectivity index (χ1v) is 11.2. The molecule has 0 aliphatic heterocycles. The van der Waals surface area contributed by atoms with Gasteiger partial charge in [0.15, 0.2) is 15.3 Å². The second kappa shape index (κ2) is 8.35. The van der Waals surface area contributed by atoms with Gasteiger partial charge in [-0.1, -0.05) is 23.7 Å². The van der Waals surface area contributed by atoms with Gasteiger partial charge in [-0.25, -0.2) is 12.8 Å². The van der Waals surface area contributed by atoms with E-state index in [2.05, 4.69) is 0 Å². The fourth-order valence-electron chi connectivity index (χ4n) is 3.73. The van der Waals surface area contributed by atoms with Crippen molar-refractivity contribution in [3.05, 3.63) is 64.9 Å². The summed E-state index contributed by atoms with van der Waals surface area (Å²) in [6, 6.07) is 10.4. The standard InChI is InChI=1S/C21H20ClFO6S/c1-3-28-19(24)21(20(25)29-4-2)17(13-5-9-15(23)10-6-13)18(21)30(26,27)16-11-7-14(22)8-12-16/h5-12,17-18H,3-4H2,1-2H3/t17-,18+/m0/s1. The van der Waals surface area contributed by atoms with E-state index in [0.29, 0.717) is 10.6 Å². The highest BCUT2D eigenvalue weighted by atomic mass is 35.5. The van der Waals surface area contributed by atoms with Crippen molar-refractivity contribution in [2.24, 2.45) is 5.41 Å². The van der Waals surface area contributed by atoms with Crippen LogP contribution in [0.15, 0.2) is 53.4 Å². The third kappa shape index (κ3) is 3.58. The van der Waals surface area contributed by atoms with Gasteiger partial charge in [-0.15, -0.1) is 0 Å². The Morgan fingerprint density at radius 1 is 0.967 bits per heavy atom. The monoisotopic (exact) mass is 454 g/mol. The van der Waals surface area contributed by atoms with Gasteiger partial charge >= 0.3 is 11.9 Å². The van der Waals surface area contributed by atoms with Crippen LogP contribution in [0.2, 0.25) is 5.02 Å². The first-order chi connectivity index (χ1) is 14.2. The molecule has 3 rings (SSSR count). The highest BCUT2D eigenvalue weighted by Gasteiger charge is 2.81. The first kappa shape index (κ1) is 22.2. The van der Waals surface area contributed by atoms with Gasteiger partial charge in [0.1, 0.15) is 11.1 Å². The Balaban J connectivity index is 2.19. The van der Waals surface area contributed by atoms with Crippen LogP contribution in [0.5, 0.6) is 0 Å². The number of sulfone groups is 1. The van der Waals surface area contributed by atoms with Gasteiger partial charge in [0.2, 0.25) is 0 Å². The molecule has 1 aliphatic carbocycles. The van der Waals surface area contributed by atoms with E-state index in [0.717, 1.165) is 12.1 Å². The molecule has 1 saturated carbocycles. The van der Waals surface area contributed by atoms with Crippen molar-refractivity contribution < 1.29 is 31.9 Å². The summed E-state index contributed by atoms with van der Waals surface area (Å²) in [5.74, 6) is -3.59. The lowest BCUT2D eigenvalue weighted by Crippen LogP contribution is -2.35. The van der Waals surface area contributed by atoms with Crippen LogP contribution in [0.3, 0.4) is 0 Å². The fraction of sp³-hybridized carbons (Fsp3) is 0.333. The number of esters is 2. The molecule has 2 aromatic carbocycles. The minimum absolute atomic E-state index is 0.0517. The van der Waals surface area contributed by atoms with E-state index < -0.39 is 44.2 Å². The quantitative estimate of drug-likeness (QED) is 0.470. The highest BCUT2D eigenvalue weighted by Crippen LogP contribution is 2.65. The molecule has 30 heavy (non-hydrogen) atoms. The van der Waals surface area contributed by atoms with Gasteiger partial charge in [-0.05, 0) is 55.8 Å². The summed E-state index contributed by atoms with van der Waals surface area (Å²) < 4.78 is 50.5. The Morgan fingerprint density at radius 3 is 1.93 bits per heavy atom. The Labute approximate surface area is 178 Å². The summed E-state index contributed by atoms with van der Waals surface area (Å²) in [7, 11) is -4.18. The van der Waals surface area contributed by atoms with E-state index in [1.165, 1.54) is 36.4 Å². The maximum absolute atomic E-state index is 13.5. The Kier molecular flexibility index (Phi) is 6.19. The van der Waals surface area contributed by atoms with Gasteiger partial charge in [0, 0.05) is 10.9 Å². The normalized spacial score (nSPS) is 19.7. The SMILES string of the molecule is CCOC(=O)C1(C(=O)OCC)[C@H](S(=O)(=O)c2ccc(Cl)cc2)[C@@H]1c1ccc(F)cc1. The minimum atomic E-state index is -4.18. The lowest BCUT2D eigenvalue weighted by molar-refractivity contribution is -0.164. The number of carbonyl (C=O) groups is 2. The summed E-state index contributed by atoms with van der Waals surface area (Å²) in [5.41, 5.74) is -1.76. The Hall–Kier alpha value is -2.45. The molecule has 1 fully saturated rings. The summed E-state index contributed by atoms with van der Waals surface area (Å²) in [5, 5.41) is -1.13. The maximum Gasteiger partial charge on any atom is 0.325 e. The van der Waals surface area contributed by atoms with Crippen molar-refractivity contribution in [3.8, 4) is 0 Å². The molecule has 160 valence electrons. The van der Waals surface area contributed by atoms with Crippen molar-refractivity contribution in [2.75, 3.05) is 13.2 Å². The molecule has 0 spiro atoms. The Bertz CT molecular complexity index is 1030. The average molecular weight is 455 g/mol. The van der Waals surface area contributed by atoms with Crippen LogP contribution in [-0.2, 0) is 28.9 Å². The lowest BCUT2D eigenvalue weighted by atomic mass is 9.99. The number of hydrogen-bond donors (Lipinski definition) is 0. The largest absolute Gasteiger partial charge is 0.465 e. The summed E-state index contributed by atoms with van der Waals surface area (Å²) in [6.45, 7) is 3.00. The maximum atomic E-state index is 13.5. The third-order valence-electron chi connectivity index (χ3n) is 5.06. The van der Waals surface area contributed by atoms with E-state index >= 15 is 0 Å². The average Bonchev–Trinajstić information content (AvgIpc) is 3.42. The molecule has 0 amide bonds. The molecule has 0 bridgehead atoms. The van der Waals surface area contributed by atoms with Gasteiger partial charge < -0.3 is 9.47 Å². The number of halogens is 2. The molecule has 9 heteroatoms. The molecule has 1 aliphatic rings. The lowest BCUT2D eigenvalue weighted by Gasteiger charge is -2.15. The number of rotatable bonds is 7. The molecule has 0 aromatic heterocycles. The molecule has 0 radical (unpaired) electrons. The predicted octanol–water partition coefficient (Wildman–Crippen LogP) is 3.53. The van der Waals surface area contributed by atoms with Crippen molar-refractivity contribution in [3.63, 3.8) is 0 Å². The molecule has 2 atom stereocenters.